The Hall–Kier alpha value is -2.63. The molecule has 23 heavy (non-hydrogen) atoms. The van der Waals surface area contributed by atoms with Crippen LogP contribution in [0.4, 0.5) is 5.69 Å². The number of nitrogens with zero attached hydrogens (tertiary/aromatic N) is 3. The summed E-state index contributed by atoms with van der Waals surface area (Å²) in [6, 6.07) is 10.1. The van der Waals surface area contributed by atoms with E-state index in [4.69, 9.17) is 0 Å². The van der Waals surface area contributed by atoms with Crippen molar-refractivity contribution >= 4 is 17.5 Å². The van der Waals surface area contributed by atoms with Crippen molar-refractivity contribution in [3.05, 3.63) is 48.3 Å². The Morgan fingerprint density at radius 2 is 2.04 bits per heavy atom. The molecule has 1 N–H and O–H groups in total. The number of rotatable bonds is 5. The molecule has 2 amide bonds. The van der Waals surface area contributed by atoms with E-state index in [9.17, 15) is 9.59 Å². The largest absolute Gasteiger partial charge is 0.347 e. The maximum absolute atomic E-state index is 12.3. The highest BCUT2D eigenvalue weighted by atomic mass is 16.2. The van der Waals surface area contributed by atoms with Crippen molar-refractivity contribution in [1.29, 1.82) is 0 Å². The van der Waals surface area contributed by atoms with Crippen molar-refractivity contribution in [1.82, 2.24) is 14.7 Å². The molecule has 2 aromatic rings. The summed E-state index contributed by atoms with van der Waals surface area (Å²) in [5, 5.41) is 6.98. The summed E-state index contributed by atoms with van der Waals surface area (Å²) in [4.78, 5) is 25.4. The van der Waals surface area contributed by atoms with Gasteiger partial charge in [0, 0.05) is 26.2 Å². The van der Waals surface area contributed by atoms with Gasteiger partial charge in [0.2, 0.25) is 11.8 Å². The second-order valence-electron chi connectivity index (χ2n) is 6.06. The molecule has 1 aliphatic carbocycles. The van der Waals surface area contributed by atoms with Gasteiger partial charge in [-0.25, -0.2) is 0 Å². The second kappa shape index (κ2) is 6.24. The maximum Gasteiger partial charge on any atom is 0.243 e. The van der Waals surface area contributed by atoms with Crippen molar-refractivity contribution in [2.75, 3.05) is 19.4 Å². The third kappa shape index (κ3) is 3.59. The van der Waals surface area contributed by atoms with Crippen molar-refractivity contribution in [2.45, 2.75) is 18.9 Å². The lowest BCUT2D eigenvalue weighted by Gasteiger charge is -2.09. The van der Waals surface area contributed by atoms with Gasteiger partial charge in [0.1, 0.15) is 6.54 Å². The summed E-state index contributed by atoms with van der Waals surface area (Å²) < 4.78 is 1.53. The summed E-state index contributed by atoms with van der Waals surface area (Å²) in [7, 11) is 3.40. The van der Waals surface area contributed by atoms with Crippen LogP contribution in [0.2, 0.25) is 0 Å². The molecule has 1 aromatic carbocycles. The summed E-state index contributed by atoms with van der Waals surface area (Å²) in [6.45, 7) is 0.166. The van der Waals surface area contributed by atoms with Crippen LogP contribution < -0.4 is 5.32 Å². The number of carbonyl (C=O) groups excluding carboxylic acids is 2. The van der Waals surface area contributed by atoms with Crippen LogP contribution in [0.25, 0.3) is 0 Å². The lowest BCUT2D eigenvalue weighted by atomic mass is 10.1. The van der Waals surface area contributed by atoms with E-state index in [2.05, 4.69) is 22.5 Å². The molecule has 3 rings (SSSR count). The minimum atomic E-state index is -0.0442. The van der Waals surface area contributed by atoms with E-state index in [1.807, 2.05) is 18.2 Å². The molecule has 6 heteroatoms. The second-order valence-corrected chi connectivity index (χ2v) is 6.06. The first-order chi connectivity index (χ1) is 11.0. The Bertz CT molecular complexity index is 708. The van der Waals surface area contributed by atoms with E-state index in [-0.39, 0.29) is 24.3 Å². The number of amides is 2. The lowest BCUT2D eigenvalue weighted by molar-refractivity contribution is -0.129. The third-order valence-corrected chi connectivity index (χ3v) is 4.05. The van der Waals surface area contributed by atoms with Crippen molar-refractivity contribution in [3.63, 3.8) is 0 Å². The van der Waals surface area contributed by atoms with Crippen LogP contribution in [0.1, 0.15) is 17.9 Å². The molecule has 0 unspecified atom stereocenters. The van der Waals surface area contributed by atoms with Crippen LogP contribution in [0.3, 0.4) is 0 Å². The first-order valence-electron chi connectivity index (χ1n) is 7.63. The van der Waals surface area contributed by atoms with Gasteiger partial charge in [-0.1, -0.05) is 30.3 Å². The van der Waals surface area contributed by atoms with Crippen molar-refractivity contribution in [3.8, 4) is 0 Å². The Labute approximate surface area is 135 Å². The van der Waals surface area contributed by atoms with E-state index in [1.54, 1.807) is 26.5 Å². The molecule has 1 aliphatic rings. The fourth-order valence-electron chi connectivity index (χ4n) is 2.58. The third-order valence-electron chi connectivity index (χ3n) is 4.05. The Morgan fingerprint density at radius 1 is 1.30 bits per heavy atom. The summed E-state index contributed by atoms with van der Waals surface area (Å²) in [5.74, 6) is 0.292. The quantitative estimate of drug-likeness (QED) is 0.914. The van der Waals surface area contributed by atoms with Gasteiger partial charge in [0.15, 0.2) is 0 Å². The van der Waals surface area contributed by atoms with E-state index in [0.717, 1.165) is 6.42 Å². The number of likely N-dealkylation sites (N-methyl/N-ethyl adjacent to an activating group) is 1. The highest BCUT2D eigenvalue weighted by Crippen LogP contribution is 2.47. The predicted molar refractivity (Wildman–Crippen MR) is 86.8 cm³/mol. The first-order valence-corrected chi connectivity index (χ1v) is 7.63. The van der Waals surface area contributed by atoms with Gasteiger partial charge in [-0.05, 0) is 17.9 Å². The van der Waals surface area contributed by atoms with Crippen LogP contribution in [-0.2, 0) is 16.1 Å². The van der Waals surface area contributed by atoms with Crippen LogP contribution in [0.5, 0.6) is 0 Å². The van der Waals surface area contributed by atoms with Gasteiger partial charge in [-0.2, -0.15) is 5.10 Å². The first kappa shape index (κ1) is 15.3. The summed E-state index contributed by atoms with van der Waals surface area (Å²) in [6.07, 6.45) is 4.13. The standard InChI is InChI=1S/C17H20N4O2/c1-20(2)16(22)11-21-10-13(9-18-21)19-17(23)15-8-14(15)12-6-4-3-5-7-12/h3-7,9-10,14-15H,8,11H2,1-2H3,(H,19,23)/t14-,15+/m0/s1. The lowest BCUT2D eigenvalue weighted by Crippen LogP contribution is -2.26. The zero-order chi connectivity index (χ0) is 16.4. The van der Waals surface area contributed by atoms with Crippen molar-refractivity contribution in [2.24, 2.45) is 5.92 Å². The monoisotopic (exact) mass is 312 g/mol. The van der Waals surface area contributed by atoms with Gasteiger partial charge < -0.3 is 10.2 Å². The molecule has 0 radical (unpaired) electrons. The summed E-state index contributed by atoms with van der Waals surface area (Å²) >= 11 is 0. The molecule has 0 aliphatic heterocycles. The highest BCUT2D eigenvalue weighted by Gasteiger charge is 2.43. The van der Waals surface area contributed by atoms with Crippen molar-refractivity contribution < 1.29 is 9.59 Å². The molecule has 0 spiro atoms. The molecule has 6 nitrogen and oxygen atoms in total. The molecule has 1 heterocycles. The zero-order valence-corrected chi connectivity index (χ0v) is 13.3. The van der Waals surface area contributed by atoms with E-state index >= 15 is 0 Å². The molecule has 1 aromatic heterocycles. The molecule has 120 valence electrons. The number of benzene rings is 1. The topological polar surface area (TPSA) is 67.2 Å². The minimum Gasteiger partial charge on any atom is -0.347 e. The van der Waals surface area contributed by atoms with Gasteiger partial charge in [-0.3, -0.25) is 14.3 Å². The van der Waals surface area contributed by atoms with Crippen LogP contribution in [-0.4, -0.2) is 40.6 Å². The SMILES string of the molecule is CN(C)C(=O)Cn1cc(NC(=O)[C@@H]2C[C@H]2c2ccccc2)cn1. The highest BCUT2D eigenvalue weighted by molar-refractivity contribution is 5.95. The normalized spacial score (nSPS) is 19.2. The van der Waals surface area contributed by atoms with Crippen LogP contribution in [0.15, 0.2) is 42.7 Å². The number of hydrogen-bond acceptors (Lipinski definition) is 3. The predicted octanol–water partition coefficient (Wildman–Crippen LogP) is 1.71. The van der Waals surface area contributed by atoms with Gasteiger partial charge in [0.05, 0.1) is 11.9 Å². The van der Waals surface area contributed by atoms with Crippen LogP contribution >= 0.6 is 0 Å². The maximum atomic E-state index is 12.3. The van der Waals surface area contributed by atoms with Gasteiger partial charge in [0.25, 0.3) is 0 Å². The molecule has 2 atom stereocenters. The number of nitrogens with one attached hydrogen (secondary N) is 1. The summed E-state index contributed by atoms with van der Waals surface area (Å²) in [5.41, 5.74) is 1.83. The molecule has 1 saturated carbocycles. The van der Waals surface area contributed by atoms with E-state index in [1.165, 1.54) is 15.1 Å². The van der Waals surface area contributed by atoms with Gasteiger partial charge in [-0.15, -0.1) is 0 Å². The van der Waals surface area contributed by atoms with E-state index in [0.29, 0.717) is 11.6 Å². The van der Waals surface area contributed by atoms with Crippen LogP contribution in [0, 0.1) is 5.92 Å². The van der Waals surface area contributed by atoms with Gasteiger partial charge >= 0.3 is 0 Å². The molecule has 0 bridgehead atoms. The average Bonchev–Trinajstić information content (AvgIpc) is 3.23. The smallest absolute Gasteiger partial charge is 0.243 e. The molecule has 1 fully saturated rings. The molecular weight excluding hydrogens is 292 g/mol. The molecule has 0 saturated heterocycles. The zero-order valence-electron chi connectivity index (χ0n) is 13.3. The number of aromatic nitrogens is 2. The van der Waals surface area contributed by atoms with E-state index < -0.39 is 0 Å². The Morgan fingerprint density at radius 3 is 2.74 bits per heavy atom. The minimum absolute atomic E-state index is 0.0114. The average molecular weight is 312 g/mol. The number of hydrogen-bond donors (Lipinski definition) is 1. The number of carbonyl (C=O) groups is 2. The molecular formula is C17H20N4O2. The Kier molecular flexibility index (Phi) is 4.14. The Balaban J connectivity index is 1.55. The number of anilines is 1. The fourth-order valence-corrected chi connectivity index (χ4v) is 2.58. The fraction of sp³-hybridized carbons (Fsp3) is 0.353.